The molecular weight excluding hydrogens is 344 g/mol. The van der Waals surface area contributed by atoms with Crippen LogP contribution >= 0.6 is 11.8 Å². The number of hydrogen-bond acceptors (Lipinski definition) is 6. The van der Waals surface area contributed by atoms with Crippen molar-refractivity contribution >= 4 is 28.9 Å². The zero-order valence-corrected chi connectivity index (χ0v) is 15.0. The van der Waals surface area contributed by atoms with E-state index in [1.54, 1.807) is 11.8 Å². The number of thioether (sulfide) groups is 1. The highest BCUT2D eigenvalue weighted by Gasteiger charge is 2.53. The van der Waals surface area contributed by atoms with E-state index in [4.69, 9.17) is 4.74 Å². The topological polar surface area (TPSA) is 95.9 Å². The number of aliphatic hydroxyl groups is 1. The van der Waals surface area contributed by atoms with Crippen molar-refractivity contribution in [1.82, 2.24) is 10.2 Å². The molecule has 1 unspecified atom stereocenters. The van der Waals surface area contributed by atoms with Crippen molar-refractivity contribution in [3.05, 3.63) is 12.7 Å². The summed E-state index contributed by atoms with van der Waals surface area (Å²) in [5.41, 5.74) is 0. The van der Waals surface area contributed by atoms with Crippen molar-refractivity contribution in [3.8, 4) is 0 Å². The number of ether oxygens (including phenoxy) is 1. The Morgan fingerprint density at radius 2 is 2.32 bits per heavy atom. The third-order valence-corrected chi connectivity index (χ3v) is 6.64. The van der Waals surface area contributed by atoms with Gasteiger partial charge < -0.3 is 20.1 Å². The van der Waals surface area contributed by atoms with Gasteiger partial charge in [-0.25, -0.2) is 4.79 Å². The molecule has 3 rings (SSSR count). The van der Waals surface area contributed by atoms with Crippen LogP contribution in [0.15, 0.2) is 12.7 Å². The van der Waals surface area contributed by atoms with Crippen LogP contribution in [0.4, 0.5) is 4.79 Å². The van der Waals surface area contributed by atoms with E-state index in [0.29, 0.717) is 13.0 Å². The Hall–Kier alpha value is -1.54. The SMILES string of the molecule is C=CCOC(=O)N1CCC[C@H]1C1C[C@@H]([C@H]2NC(=O)[C@@H]2[C@@H](C)O)C(=O)S1. The van der Waals surface area contributed by atoms with Crippen molar-refractivity contribution in [2.45, 2.75) is 49.6 Å². The molecule has 8 heteroatoms. The van der Waals surface area contributed by atoms with Gasteiger partial charge in [0.15, 0.2) is 5.12 Å². The highest BCUT2D eigenvalue weighted by Crippen LogP contribution is 2.44. The summed E-state index contributed by atoms with van der Waals surface area (Å²) >= 11 is 1.27. The molecule has 6 atom stereocenters. The van der Waals surface area contributed by atoms with Crippen molar-refractivity contribution in [2.24, 2.45) is 11.8 Å². The molecule has 3 fully saturated rings. The van der Waals surface area contributed by atoms with E-state index >= 15 is 0 Å². The van der Waals surface area contributed by atoms with E-state index in [1.165, 1.54) is 17.8 Å². The Kier molecular flexibility index (Phi) is 5.38. The minimum absolute atomic E-state index is 0.00318. The fourth-order valence-electron chi connectivity index (χ4n) is 4.07. The first-order chi connectivity index (χ1) is 11.9. The number of likely N-dealkylation sites (tertiary alicyclic amines) is 1. The van der Waals surface area contributed by atoms with E-state index in [-0.39, 0.29) is 47.0 Å². The van der Waals surface area contributed by atoms with E-state index in [1.807, 2.05) is 0 Å². The Balaban J connectivity index is 1.65. The average molecular weight is 368 g/mol. The van der Waals surface area contributed by atoms with Gasteiger partial charge in [-0.05, 0) is 26.2 Å². The number of hydrogen-bond donors (Lipinski definition) is 2. The first-order valence-electron chi connectivity index (χ1n) is 8.67. The smallest absolute Gasteiger partial charge is 0.410 e. The Labute approximate surface area is 151 Å². The number of rotatable bonds is 5. The monoisotopic (exact) mass is 368 g/mol. The minimum atomic E-state index is -0.771. The zero-order valence-electron chi connectivity index (χ0n) is 14.2. The molecule has 0 radical (unpaired) electrons. The van der Waals surface area contributed by atoms with Crippen LogP contribution in [0.5, 0.6) is 0 Å². The van der Waals surface area contributed by atoms with Crippen LogP contribution in [-0.4, -0.2) is 63.7 Å². The number of aliphatic hydroxyl groups excluding tert-OH is 1. The number of amides is 2. The first kappa shape index (κ1) is 18.3. The van der Waals surface area contributed by atoms with Crippen LogP contribution in [0.25, 0.3) is 0 Å². The van der Waals surface area contributed by atoms with Gasteiger partial charge in [-0.1, -0.05) is 24.4 Å². The molecule has 2 amide bonds. The maximum Gasteiger partial charge on any atom is 0.410 e. The van der Waals surface area contributed by atoms with Crippen LogP contribution in [0.2, 0.25) is 0 Å². The van der Waals surface area contributed by atoms with Gasteiger partial charge in [-0.2, -0.15) is 0 Å². The average Bonchev–Trinajstić information content (AvgIpc) is 3.16. The van der Waals surface area contributed by atoms with Crippen molar-refractivity contribution in [1.29, 1.82) is 0 Å². The Morgan fingerprint density at radius 1 is 1.56 bits per heavy atom. The standard InChI is InChI=1S/C17H24N2O5S/c1-3-7-24-17(23)19-6-4-5-11(19)12-8-10(16(22)25-12)14-13(9(2)20)15(21)18-14/h3,9-14,20H,1,4-8H2,2H3,(H,18,21)/t9-,10+,11+,12?,13-,14-/m1/s1. The molecule has 0 saturated carbocycles. The van der Waals surface area contributed by atoms with E-state index < -0.39 is 12.0 Å². The van der Waals surface area contributed by atoms with Crippen LogP contribution in [0.1, 0.15) is 26.2 Å². The molecule has 3 heterocycles. The summed E-state index contributed by atoms with van der Waals surface area (Å²) in [6.07, 6.45) is 2.73. The summed E-state index contributed by atoms with van der Waals surface area (Å²) in [5.74, 6) is -1.03. The van der Waals surface area contributed by atoms with Crippen LogP contribution in [0.3, 0.4) is 0 Å². The quantitative estimate of drug-likeness (QED) is 0.553. The molecule has 0 bridgehead atoms. The number of nitrogens with zero attached hydrogens (tertiary/aromatic N) is 1. The van der Waals surface area contributed by atoms with Gasteiger partial charge in [0, 0.05) is 17.8 Å². The molecule has 7 nitrogen and oxygen atoms in total. The lowest BCUT2D eigenvalue weighted by molar-refractivity contribution is -0.143. The molecule has 25 heavy (non-hydrogen) atoms. The predicted molar refractivity (Wildman–Crippen MR) is 92.9 cm³/mol. The number of β-lactam (4-membered cyclic amide) rings is 1. The maximum absolute atomic E-state index is 12.5. The summed E-state index contributed by atoms with van der Waals surface area (Å²) in [4.78, 5) is 38.0. The number of nitrogens with one attached hydrogen (secondary N) is 1. The van der Waals surface area contributed by atoms with Gasteiger partial charge in [0.25, 0.3) is 0 Å². The molecule has 0 aliphatic carbocycles. The zero-order chi connectivity index (χ0) is 18.1. The largest absolute Gasteiger partial charge is 0.445 e. The van der Waals surface area contributed by atoms with E-state index in [0.717, 1.165) is 12.8 Å². The van der Waals surface area contributed by atoms with Gasteiger partial charge in [-0.3, -0.25) is 9.59 Å². The lowest BCUT2D eigenvalue weighted by Crippen LogP contribution is -2.65. The lowest BCUT2D eigenvalue weighted by Gasteiger charge is -2.41. The molecule has 0 aromatic heterocycles. The Morgan fingerprint density at radius 3 is 2.96 bits per heavy atom. The second-order valence-corrected chi connectivity index (χ2v) is 8.13. The van der Waals surface area contributed by atoms with Crippen LogP contribution in [0, 0.1) is 11.8 Å². The third kappa shape index (κ3) is 3.42. The highest BCUT2D eigenvalue weighted by atomic mass is 32.2. The van der Waals surface area contributed by atoms with Crippen molar-refractivity contribution < 1.29 is 24.2 Å². The Bertz CT molecular complexity index is 581. The molecule has 3 saturated heterocycles. The summed E-state index contributed by atoms with van der Waals surface area (Å²) in [6, 6.07) is -0.336. The molecule has 0 aromatic rings. The van der Waals surface area contributed by atoms with Gasteiger partial charge in [0.05, 0.1) is 24.0 Å². The molecule has 3 aliphatic heterocycles. The maximum atomic E-state index is 12.5. The number of carbonyl (C=O) groups excluding carboxylic acids is 3. The van der Waals surface area contributed by atoms with Crippen molar-refractivity contribution in [3.63, 3.8) is 0 Å². The second-order valence-electron chi connectivity index (χ2n) is 6.89. The molecule has 3 aliphatic rings. The molecular formula is C17H24N2O5S. The van der Waals surface area contributed by atoms with Crippen molar-refractivity contribution in [2.75, 3.05) is 13.2 Å². The summed E-state index contributed by atoms with van der Waals surface area (Å²) in [6.45, 7) is 5.92. The molecule has 0 spiro atoms. The molecule has 2 N–H and O–H groups in total. The first-order valence-corrected chi connectivity index (χ1v) is 9.55. The van der Waals surface area contributed by atoms with Gasteiger partial charge in [0.1, 0.15) is 6.61 Å². The predicted octanol–water partition coefficient (Wildman–Crippen LogP) is 0.917. The van der Waals surface area contributed by atoms with E-state index in [9.17, 15) is 19.5 Å². The fourth-order valence-corrected chi connectivity index (χ4v) is 5.53. The minimum Gasteiger partial charge on any atom is -0.445 e. The second kappa shape index (κ2) is 7.37. The third-order valence-electron chi connectivity index (χ3n) is 5.30. The molecule has 0 aromatic carbocycles. The summed E-state index contributed by atoms with van der Waals surface area (Å²) in [7, 11) is 0. The van der Waals surface area contributed by atoms with E-state index in [2.05, 4.69) is 11.9 Å². The molecule has 138 valence electrons. The van der Waals surface area contributed by atoms with Gasteiger partial charge in [-0.15, -0.1) is 0 Å². The van der Waals surface area contributed by atoms with Gasteiger partial charge in [0.2, 0.25) is 5.91 Å². The van der Waals surface area contributed by atoms with Crippen LogP contribution < -0.4 is 5.32 Å². The summed E-state index contributed by atoms with van der Waals surface area (Å²) < 4.78 is 5.15. The number of carbonyl (C=O) groups is 3. The van der Waals surface area contributed by atoms with Crippen LogP contribution in [-0.2, 0) is 14.3 Å². The highest BCUT2D eigenvalue weighted by molar-refractivity contribution is 8.14. The lowest BCUT2D eigenvalue weighted by atomic mass is 9.76. The summed E-state index contributed by atoms with van der Waals surface area (Å²) in [5, 5.41) is 12.6. The normalized spacial score (nSPS) is 35.9. The fraction of sp³-hybridized carbons (Fsp3) is 0.706. The van der Waals surface area contributed by atoms with Gasteiger partial charge >= 0.3 is 6.09 Å².